The van der Waals surface area contributed by atoms with Gasteiger partial charge in [-0.15, -0.1) is 5.73 Å². The fourth-order valence-electron chi connectivity index (χ4n) is 2.99. The largest absolute Gasteiger partial charge is 0.492 e. The second-order valence-corrected chi connectivity index (χ2v) is 7.79. The highest BCUT2D eigenvalue weighted by Crippen LogP contribution is 2.49. The molecule has 2 rings (SSSR count). The molecular formula is C21H25F4NO2S. The number of nitrogens with zero attached hydrogens (tertiary/aromatic N) is 1. The molecule has 0 radical (unpaired) electrons. The second kappa shape index (κ2) is 10.9. The lowest BCUT2D eigenvalue weighted by Crippen LogP contribution is -2.30. The van der Waals surface area contributed by atoms with Crippen molar-refractivity contribution in [2.24, 2.45) is 4.99 Å². The Kier molecular flexibility index (Phi) is 8.80. The Morgan fingerprint density at radius 3 is 2.83 bits per heavy atom. The van der Waals surface area contributed by atoms with Gasteiger partial charge in [0.05, 0.1) is 24.7 Å². The van der Waals surface area contributed by atoms with Crippen LogP contribution in [0.4, 0.5) is 17.6 Å². The molecule has 0 aromatic heterocycles. The molecule has 0 spiro atoms. The van der Waals surface area contributed by atoms with Gasteiger partial charge in [-0.2, -0.15) is 8.78 Å². The summed E-state index contributed by atoms with van der Waals surface area (Å²) in [6.07, 6.45) is 2.98. The molecule has 1 heterocycles. The molecule has 1 N–H and O–H groups in total. The van der Waals surface area contributed by atoms with Gasteiger partial charge in [-0.1, -0.05) is 31.7 Å². The third kappa shape index (κ3) is 6.63. The Morgan fingerprint density at radius 1 is 1.41 bits per heavy atom. The number of aliphatic hydroxyl groups is 1. The molecule has 29 heavy (non-hydrogen) atoms. The van der Waals surface area contributed by atoms with Crippen molar-refractivity contribution in [1.82, 2.24) is 0 Å². The van der Waals surface area contributed by atoms with Gasteiger partial charge in [0.2, 0.25) is 0 Å². The summed E-state index contributed by atoms with van der Waals surface area (Å²) in [5.41, 5.74) is 2.97. The first-order valence-electron chi connectivity index (χ1n) is 9.55. The highest BCUT2D eigenvalue weighted by atomic mass is 32.2. The van der Waals surface area contributed by atoms with Crippen molar-refractivity contribution in [3.63, 3.8) is 0 Å². The topological polar surface area (TPSA) is 41.8 Å². The number of halogens is 4. The minimum Gasteiger partial charge on any atom is -0.492 e. The minimum absolute atomic E-state index is 0.113. The summed E-state index contributed by atoms with van der Waals surface area (Å²) in [7, 11) is 0. The third-order valence-electron chi connectivity index (χ3n) is 4.31. The summed E-state index contributed by atoms with van der Waals surface area (Å²) in [6.45, 7) is 4.68. The zero-order valence-corrected chi connectivity index (χ0v) is 17.2. The Bertz CT molecular complexity index is 778. The summed E-state index contributed by atoms with van der Waals surface area (Å²) in [6, 6.07) is 0. The van der Waals surface area contributed by atoms with Gasteiger partial charge < -0.3 is 9.84 Å². The quantitative estimate of drug-likeness (QED) is 0.217. The fraction of sp³-hybridized carbons (Fsp3) is 0.524. The average molecular weight is 431 g/mol. The Labute approximate surface area is 172 Å². The van der Waals surface area contributed by atoms with Crippen molar-refractivity contribution in [1.29, 1.82) is 0 Å². The van der Waals surface area contributed by atoms with E-state index in [1.807, 2.05) is 13.8 Å². The molecule has 1 aliphatic heterocycles. The van der Waals surface area contributed by atoms with Gasteiger partial charge in [0.1, 0.15) is 5.76 Å². The lowest BCUT2D eigenvalue weighted by molar-refractivity contribution is 0.0429. The standard InChI is InChI=1S/C21H25F4NO2S/c1-3-7-14(4-2)13-26-10-6-11-28-16-8-5-9-17-18(19(16)20(22)23)15(27)12-21(24,25)29-17/h7-9,13,15,20,27H,3-4,6,10-12H2,1-2H3/b14-7-,26-13-. The molecule has 0 saturated carbocycles. The van der Waals surface area contributed by atoms with Crippen LogP contribution in [-0.4, -0.2) is 42.3 Å². The Morgan fingerprint density at radius 2 is 2.17 bits per heavy atom. The summed E-state index contributed by atoms with van der Waals surface area (Å²) < 4.78 is 60.4. The van der Waals surface area contributed by atoms with Crippen molar-refractivity contribution >= 4 is 18.0 Å². The van der Waals surface area contributed by atoms with E-state index in [0.717, 1.165) is 18.4 Å². The van der Waals surface area contributed by atoms with Crippen LogP contribution < -0.4 is 0 Å². The van der Waals surface area contributed by atoms with Gasteiger partial charge in [0.25, 0.3) is 6.43 Å². The molecule has 0 fully saturated rings. The van der Waals surface area contributed by atoms with Crippen LogP contribution >= 0.6 is 11.8 Å². The van der Waals surface area contributed by atoms with Crippen LogP contribution in [0, 0.1) is 0 Å². The maximum Gasteiger partial charge on any atom is 0.301 e. The van der Waals surface area contributed by atoms with Crippen LogP contribution in [0.3, 0.4) is 0 Å². The van der Waals surface area contributed by atoms with Gasteiger partial charge in [0.15, 0.2) is 0 Å². The van der Waals surface area contributed by atoms with Gasteiger partial charge >= 0.3 is 5.25 Å². The van der Waals surface area contributed by atoms with Gasteiger partial charge in [-0.3, -0.25) is 4.99 Å². The number of thioether (sulfide) groups is 1. The van der Waals surface area contributed by atoms with Gasteiger partial charge in [0, 0.05) is 35.7 Å². The Balaban J connectivity index is 2.10. The molecule has 0 aromatic carbocycles. The summed E-state index contributed by atoms with van der Waals surface area (Å²) in [5, 5.41) is 6.88. The first-order chi connectivity index (χ1) is 13.8. The highest BCUT2D eigenvalue weighted by Gasteiger charge is 2.44. The van der Waals surface area contributed by atoms with Crippen LogP contribution in [0.15, 0.2) is 56.3 Å². The number of rotatable bonds is 9. The van der Waals surface area contributed by atoms with E-state index in [4.69, 9.17) is 4.74 Å². The molecule has 2 aliphatic rings. The van der Waals surface area contributed by atoms with Gasteiger partial charge in [-0.05, 0) is 24.5 Å². The van der Waals surface area contributed by atoms with Crippen molar-refractivity contribution in [2.45, 2.75) is 57.3 Å². The lowest BCUT2D eigenvalue weighted by atomic mass is 9.96. The van der Waals surface area contributed by atoms with Crippen molar-refractivity contribution in [3.8, 4) is 0 Å². The maximum atomic E-state index is 13.7. The van der Waals surface area contributed by atoms with E-state index in [1.165, 1.54) is 12.2 Å². The van der Waals surface area contributed by atoms with E-state index >= 15 is 0 Å². The molecule has 0 bridgehead atoms. The number of allylic oxidation sites excluding steroid dienone is 4. The van der Waals surface area contributed by atoms with Gasteiger partial charge in [-0.25, -0.2) is 8.78 Å². The van der Waals surface area contributed by atoms with Crippen LogP contribution in [-0.2, 0) is 4.74 Å². The van der Waals surface area contributed by atoms with Crippen LogP contribution in [0.25, 0.3) is 0 Å². The number of alkyl halides is 4. The van der Waals surface area contributed by atoms with Crippen LogP contribution in [0.1, 0.15) is 39.5 Å². The summed E-state index contributed by atoms with van der Waals surface area (Å²) >= 11 is 0.157. The minimum atomic E-state index is -3.23. The summed E-state index contributed by atoms with van der Waals surface area (Å²) in [5.74, 6) is -0.157. The van der Waals surface area contributed by atoms with E-state index < -0.39 is 29.8 Å². The number of ether oxygens (including phenoxy) is 1. The zero-order chi connectivity index (χ0) is 21.4. The van der Waals surface area contributed by atoms with Crippen LogP contribution in [0.2, 0.25) is 0 Å². The zero-order valence-electron chi connectivity index (χ0n) is 16.4. The van der Waals surface area contributed by atoms with Crippen molar-refractivity contribution in [2.75, 3.05) is 13.2 Å². The highest BCUT2D eigenvalue weighted by molar-refractivity contribution is 8.04. The van der Waals surface area contributed by atoms with E-state index in [9.17, 15) is 22.7 Å². The number of hydrogen-bond donors (Lipinski definition) is 1. The second-order valence-electron chi connectivity index (χ2n) is 6.55. The number of hydrogen-bond acceptors (Lipinski definition) is 4. The van der Waals surface area contributed by atoms with Crippen LogP contribution in [0.5, 0.6) is 0 Å². The molecule has 8 heteroatoms. The summed E-state index contributed by atoms with van der Waals surface area (Å²) in [4.78, 5) is 4.19. The Hall–Kier alpha value is -1.76. The first kappa shape index (κ1) is 23.5. The molecule has 0 aromatic rings. The average Bonchev–Trinajstić information content (AvgIpc) is 2.82. The predicted octanol–water partition coefficient (Wildman–Crippen LogP) is 5.80. The SMILES string of the molecule is CC/C=C(\C=N/CCCOC1=C(C(F)F)C2=C(C=C=C1)SC(F)(F)CC2O)CC. The fourth-order valence-corrected chi connectivity index (χ4v) is 4.03. The molecular weight excluding hydrogens is 406 g/mol. The third-order valence-corrected chi connectivity index (χ3v) is 5.34. The molecule has 160 valence electrons. The molecule has 0 saturated heterocycles. The number of aliphatic imine (C=N–C) groups is 1. The molecule has 0 amide bonds. The molecule has 1 atom stereocenters. The van der Waals surface area contributed by atoms with E-state index in [2.05, 4.69) is 16.8 Å². The van der Waals surface area contributed by atoms with E-state index in [1.54, 1.807) is 6.21 Å². The van der Waals surface area contributed by atoms with E-state index in [0.29, 0.717) is 13.0 Å². The molecule has 3 nitrogen and oxygen atoms in total. The van der Waals surface area contributed by atoms with E-state index in [-0.39, 0.29) is 34.6 Å². The molecule has 1 aliphatic carbocycles. The maximum absolute atomic E-state index is 13.7. The lowest BCUT2D eigenvalue weighted by Gasteiger charge is -2.30. The molecule has 1 unspecified atom stereocenters. The predicted molar refractivity (Wildman–Crippen MR) is 108 cm³/mol. The van der Waals surface area contributed by atoms with Crippen molar-refractivity contribution < 1.29 is 27.4 Å². The smallest absolute Gasteiger partial charge is 0.301 e. The number of aliphatic hydroxyl groups excluding tert-OH is 1. The monoisotopic (exact) mass is 431 g/mol. The van der Waals surface area contributed by atoms with Crippen molar-refractivity contribution in [3.05, 3.63) is 51.3 Å². The first-order valence-corrected chi connectivity index (χ1v) is 10.4. The normalized spacial score (nSPS) is 21.9.